The van der Waals surface area contributed by atoms with E-state index in [4.69, 9.17) is 14.2 Å². The monoisotopic (exact) mass is 1060 g/mol. The fraction of sp³-hybridized carbons (Fsp3) is 0.563. The minimum Gasteiger partial charge on any atom is -0.462 e. The van der Waals surface area contributed by atoms with Crippen LogP contribution in [-0.4, -0.2) is 37.2 Å². The molecular weight excluding hydrogens is 949 g/mol. The molecule has 430 valence electrons. The van der Waals surface area contributed by atoms with E-state index in [9.17, 15) is 14.4 Å². The van der Waals surface area contributed by atoms with E-state index >= 15 is 0 Å². The van der Waals surface area contributed by atoms with Crippen LogP contribution < -0.4 is 0 Å². The molecule has 0 saturated carbocycles. The number of esters is 3. The molecule has 0 rings (SSSR count). The highest BCUT2D eigenvalue weighted by atomic mass is 16.6. The van der Waals surface area contributed by atoms with Gasteiger partial charge in [0.05, 0.1) is 0 Å². The summed E-state index contributed by atoms with van der Waals surface area (Å²) in [5.74, 6) is -1.05. The van der Waals surface area contributed by atoms with Crippen LogP contribution in [0.4, 0.5) is 0 Å². The van der Waals surface area contributed by atoms with Gasteiger partial charge in [-0.1, -0.05) is 242 Å². The highest BCUT2D eigenvalue weighted by Gasteiger charge is 2.19. The zero-order valence-corrected chi connectivity index (χ0v) is 49.1. The summed E-state index contributed by atoms with van der Waals surface area (Å²) < 4.78 is 16.8. The van der Waals surface area contributed by atoms with Crippen molar-refractivity contribution in [3.8, 4) is 0 Å². The summed E-state index contributed by atoms with van der Waals surface area (Å²) in [7, 11) is 0. The maximum absolute atomic E-state index is 12.9. The van der Waals surface area contributed by atoms with Crippen molar-refractivity contribution < 1.29 is 28.6 Å². The van der Waals surface area contributed by atoms with Crippen LogP contribution in [0.1, 0.15) is 239 Å². The molecule has 0 aliphatic rings. The number of hydrogen-bond donors (Lipinski definition) is 0. The van der Waals surface area contributed by atoms with Crippen molar-refractivity contribution in [2.45, 2.75) is 245 Å². The van der Waals surface area contributed by atoms with Gasteiger partial charge >= 0.3 is 17.9 Å². The van der Waals surface area contributed by atoms with E-state index in [0.717, 1.165) is 135 Å². The number of unbranched alkanes of at least 4 members (excludes halogenated alkanes) is 14. The zero-order chi connectivity index (χ0) is 55.7. The van der Waals surface area contributed by atoms with E-state index in [1.165, 1.54) is 51.4 Å². The Morgan fingerprint density at radius 2 is 0.519 bits per heavy atom. The van der Waals surface area contributed by atoms with Gasteiger partial charge in [0.15, 0.2) is 6.10 Å². The summed E-state index contributed by atoms with van der Waals surface area (Å²) in [6.45, 7) is 6.30. The normalized spacial score (nSPS) is 13.3. The average molecular weight is 1060 g/mol. The van der Waals surface area contributed by atoms with E-state index in [-0.39, 0.29) is 44.0 Å². The number of ether oxygens (including phenoxy) is 3. The average Bonchev–Trinajstić information content (AvgIpc) is 3.43. The summed E-state index contributed by atoms with van der Waals surface area (Å²) in [4.78, 5) is 38.3. The van der Waals surface area contributed by atoms with Crippen molar-refractivity contribution >= 4 is 17.9 Å². The molecule has 0 aromatic rings. The number of carbonyl (C=O) groups is 3. The first-order valence-corrected chi connectivity index (χ1v) is 30.6. The third kappa shape index (κ3) is 61.5. The molecule has 0 aromatic carbocycles. The van der Waals surface area contributed by atoms with Crippen LogP contribution in [0.25, 0.3) is 0 Å². The largest absolute Gasteiger partial charge is 0.462 e. The Labute approximate surface area is 472 Å². The van der Waals surface area contributed by atoms with Crippen molar-refractivity contribution in [1.82, 2.24) is 0 Å². The summed E-state index contributed by atoms with van der Waals surface area (Å²) in [6, 6.07) is 0. The minimum absolute atomic E-state index is 0.126. The van der Waals surface area contributed by atoms with Crippen molar-refractivity contribution in [1.29, 1.82) is 0 Å². The highest BCUT2D eigenvalue weighted by Crippen LogP contribution is 2.12. The molecule has 77 heavy (non-hydrogen) atoms. The van der Waals surface area contributed by atoms with E-state index in [0.29, 0.717) is 19.3 Å². The Balaban J connectivity index is 4.61. The third-order valence-corrected chi connectivity index (χ3v) is 12.2. The molecule has 1 unspecified atom stereocenters. The van der Waals surface area contributed by atoms with Crippen molar-refractivity contribution in [2.75, 3.05) is 13.2 Å². The summed E-state index contributed by atoms with van der Waals surface area (Å²) in [5, 5.41) is 0. The molecule has 0 aliphatic heterocycles. The molecule has 0 bridgehead atoms. The van der Waals surface area contributed by atoms with Gasteiger partial charge in [0.2, 0.25) is 0 Å². The predicted molar refractivity (Wildman–Crippen MR) is 334 cm³/mol. The van der Waals surface area contributed by atoms with Gasteiger partial charge in [-0.05, 0) is 148 Å². The molecule has 1 atom stereocenters. The minimum atomic E-state index is -0.839. The number of rotatable bonds is 53. The molecule has 0 N–H and O–H groups in total. The topological polar surface area (TPSA) is 78.9 Å². The van der Waals surface area contributed by atoms with E-state index in [1.54, 1.807) is 0 Å². The standard InChI is InChI=1S/C71H110O6/c1-4-7-10-13-16-19-22-25-28-30-32-34-35-37-38-40-43-46-49-52-55-58-61-64-70(73)76-67-68(66-75-69(72)63-60-57-54-51-48-45-42-27-24-21-18-15-12-9-6-3)77-71(74)65-62-59-56-53-50-47-44-41-39-36-33-31-29-26-23-20-17-14-11-8-5-2/h7-8,10-11,16-17,19-20,25-29,32-34,36-38,41-44,46,50,52-53,55,68H,4-6,9,12-15,18,21-24,30-31,35,39-40,45,47-49,51,54,56-67H2,1-3H3/b10-7-,11-8-,19-16-,20-17-,28-25-,29-26-,34-32-,36-33-,38-37-,42-27-,44-41-,46-43-,53-50-,55-52-. The molecule has 6 heteroatoms. The summed E-state index contributed by atoms with van der Waals surface area (Å²) in [6.07, 6.45) is 93.5. The predicted octanol–water partition coefficient (Wildman–Crippen LogP) is 21.1. The molecule has 0 amide bonds. The summed E-state index contributed by atoms with van der Waals surface area (Å²) in [5.41, 5.74) is 0. The van der Waals surface area contributed by atoms with Crippen molar-refractivity contribution in [3.63, 3.8) is 0 Å². The Hall–Kier alpha value is -5.23. The van der Waals surface area contributed by atoms with Crippen LogP contribution in [0.2, 0.25) is 0 Å². The van der Waals surface area contributed by atoms with Crippen LogP contribution in [0.5, 0.6) is 0 Å². The van der Waals surface area contributed by atoms with Gasteiger partial charge in [-0.3, -0.25) is 14.4 Å². The second kappa shape index (κ2) is 63.3. The Morgan fingerprint density at radius 3 is 0.883 bits per heavy atom. The lowest BCUT2D eigenvalue weighted by atomic mass is 10.1. The fourth-order valence-electron chi connectivity index (χ4n) is 7.66. The number of hydrogen-bond acceptors (Lipinski definition) is 6. The molecule has 0 spiro atoms. The van der Waals surface area contributed by atoms with E-state index < -0.39 is 6.10 Å². The quantitative estimate of drug-likeness (QED) is 0.0261. The van der Waals surface area contributed by atoms with Gasteiger partial charge in [0, 0.05) is 19.3 Å². The van der Waals surface area contributed by atoms with Gasteiger partial charge in [0.1, 0.15) is 13.2 Å². The lowest BCUT2D eigenvalue weighted by Gasteiger charge is -2.18. The maximum atomic E-state index is 12.9. The summed E-state index contributed by atoms with van der Waals surface area (Å²) >= 11 is 0. The first-order chi connectivity index (χ1) is 38.0. The molecule has 0 saturated heterocycles. The van der Waals surface area contributed by atoms with Crippen LogP contribution in [-0.2, 0) is 28.6 Å². The second-order valence-corrected chi connectivity index (χ2v) is 19.5. The van der Waals surface area contributed by atoms with Crippen molar-refractivity contribution in [2.24, 2.45) is 0 Å². The maximum Gasteiger partial charge on any atom is 0.306 e. The van der Waals surface area contributed by atoms with Gasteiger partial charge in [-0.2, -0.15) is 0 Å². The smallest absolute Gasteiger partial charge is 0.306 e. The first kappa shape index (κ1) is 71.8. The zero-order valence-electron chi connectivity index (χ0n) is 49.1. The van der Waals surface area contributed by atoms with Gasteiger partial charge in [-0.15, -0.1) is 0 Å². The molecule has 0 fully saturated rings. The molecular formula is C71H110O6. The Kier molecular flexibility index (Phi) is 59.0. The highest BCUT2D eigenvalue weighted by molar-refractivity contribution is 5.71. The Bertz CT molecular complexity index is 1790. The molecule has 0 aromatic heterocycles. The molecule has 6 nitrogen and oxygen atoms in total. The van der Waals surface area contributed by atoms with Crippen LogP contribution in [0, 0.1) is 0 Å². The number of carbonyl (C=O) groups excluding carboxylic acids is 3. The van der Waals surface area contributed by atoms with Crippen LogP contribution in [0.15, 0.2) is 170 Å². The fourth-order valence-corrected chi connectivity index (χ4v) is 7.66. The van der Waals surface area contributed by atoms with Gasteiger partial charge in [0.25, 0.3) is 0 Å². The SMILES string of the molecule is CC/C=C\C/C=C\C/C=C\C/C=C\C/C=C\C/C=C\C/C=C\CCCC(=O)OCC(COC(=O)CCCCCCC/C=C\CCCCCCCC)OC(=O)CCCC/C=C\C/C=C\C/C=C\C/C=C\C/C=C\C/C=C\CC. The Morgan fingerprint density at radius 1 is 0.273 bits per heavy atom. The second-order valence-electron chi connectivity index (χ2n) is 19.5. The lowest BCUT2D eigenvalue weighted by Crippen LogP contribution is -2.30. The number of allylic oxidation sites excluding steroid dienone is 28. The van der Waals surface area contributed by atoms with Crippen LogP contribution in [0.3, 0.4) is 0 Å². The molecule has 0 heterocycles. The van der Waals surface area contributed by atoms with E-state index in [2.05, 4.69) is 191 Å². The van der Waals surface area contributed by atoms with Gasteiger partial charge in [-0.25, -0.2) is 0 Å². The van der Waals surface area contributed by atoms with E-state index in [1.807, 2.05) is 0 Å². The third-order valence-electron chi connectivity index (χ3n) is 12.2. The van der Waals surface area contributed by atoms with Gasteiger partial charge < -0.3 is 14.2 Å². The van der Waals surface area contributed by atoms with Crippen LogP contribution >= 0.6 is 0 Å². The molecule has 0 radical (unpaired) electrons. The lowest BCUT2D eigenvalue weighted by molar-refractivity contribution is -0.167. The molecule has 0 aliphatic carbocycles. The first-order valence-electron chi connectivity index (χ1n) is 30.6. The van der Waals surface area contributed by atoms with Crippen molar-refractivity contribution in [3.05, 3.63) is 170 Å².